The van der Waals surface area contributed by atoms with Crippen LogP contribution in [0.5, 0.6) is 5.75 Å². The maximum Gasteiger partial charge on any atom is 0.266 e. The van der Waals surface area contributed by atoms with Crippen LogP contribution in [0, 0.1) is 6.92 Å². The van der Waals surface area contributed by atoms with E-state index in [1.165, 1.54) is 16.9 Å². The lowest BCUT2D eigenvalue weighted by Crippen LogP contribution is -2.24. The van der Waals surface area contributed by atoms with E-state index in [9.17, 15) is 9.90 Å². The summed E-state index contributed by atoms with van der Waals surface area (Å²) in [5.41, 5.74) is 4.63. The first-order valence-corrected chi connectivity index (χ1v) is 11.4. The number of aromatic amines is 1. The van der Waals surface area contributed by atoms with Crippen LogP contribution >= 0.6 is 11.3 Å². The summed E-state index contributed by atoms with van der Waals surface area (Å²) in [4.78, 5) is 17.9. The number of nitrogens with one attached hydrogen (secondary N) is 1. The summed E-state index contributed by atoms with van der Waals surface area (Å²) in [5.74, 6) is 0.720. The fourth-order valence-electron chi connectivity index (χ4n) is 4.27. The van der Waals surface area contributed by atoms with Crippen molar-refractivity contribution in [1.29, 1.82) is 0 Å². The number of H-pyrrole nitrogens is 1. The van der Waals surface area contributed by atoms with Crippen LogP contribution in [0.15, 0.2) is 46.6 Å². The highest BCUT2D eigenvalue weighted by Gasteiger charge is 2.18. The zero-order valence-corrected chi connectivity index (χ0v) is 18.8. The highest BCUT2D eigenvalue weighted by atomic mass is 32.1. The minimum Gasteiger partial charge on any atom is -0.507 e. The van der Waals surface area contributed by atoms with E-state index >= 15 is 0 Å². The molecule has 4 nitrogen and oxygen atoms in total. The van der Waals surface area contributed by atoms with Crippen LogP contribution < -0.4 is 5.56 Å². The second kappa shape index (κ2) is 8.25. The van der Waals surface area contributed by atoms with Gasteiger partial charge in [0.15, 0.2) is 0 Å². The summed E-state index contributed by atoms with van der Waals surface area (Å²) in [6.07, 6.45) is 1.08. The molecule has 4 aromatic rings. The number of phenolic OH excluding ortho intramolecular Hbond substituents is 1. The van der Waals surface area contributed by atoms with Crippen LogP contribution in [0.2, 0.25) is 0 Å². The molecule has 0 saturated carbocycles. The number of benzene rings is 2. The molecule has 0 fully saturated rings. The number of likely N-dealkylation sites (N-methyl/N-ethyl adjacent to an activating group) is 1. The van der Waals surface area contributed by atoms with E-state index in [0.29, 0.717) is 10.6 Å². The molecule has 0 unspecified atom stereocenters. The van der Waals surface area contributed by atoms with Crippen LogP contribution in [-0.2, 0) is 0 Å². The van der Waals surface area contributed by atoms with E-state index in [0.717, 1.165) is 52.5 Å². The Morgan fingerprint density at radius 3 is 2.57 bits per heavy atom. The van der Waals surface area contributed by atoms with E-state index in [1.807, 2.05) is 18.4 Å². The third-order valence-corrected chi connectivity index (χ3v) is 7.03. The van der Waals surface area contributed by atoms with Gasteiger partial charge < -0.3 is 15.0 Å². The van der Waals surface area contributed by atoms with Crippen molar-refractivity contribution in [3.05, 3.63) is 63.3 Å². The molecule has 0 bridgehead atoms. The Bertz CT molecular complexity index is 1250. The van der Waals surface area contributed by atoms with Gasteiger partial charge in [0, 0.05) is 22.9 Å². The molecule has 0 amide bonds. The molecule has 2 N–H and O–H groups in total. The van der Waals surface area contributed by atoms with Gasteiger partial charge in [0.25, 0.3) is 5.56 Å². The molecular weight excluding hydrogens is 392 g/mol. The number of thiophene rings is 1. The number of aromatic hydroxyl groups is 1. The van der Waals surface area contributed by atoms with Gasteiger partial charge in [-0.25, -0.2) is 0 Å². The van der Waals surface area contributed by atoms with Crippen molar-refractivity contribution in [2.24, 2.45) is 0 Å². The highest BCUT2D eigenvalue weighted by molar-refractivity contribution is 7.17. The van der Waals surface area contributed by atoms with Crippen LogP contribution in [0.1, 0.15) is 37.3 Å². The number of nitrogens with zero attached hydrogens (tertiary/aromatic N) is 1. The number of aromatic nitrogens is 1. The van der Waals surface area contributed by atoms with Crippen LogP contribution in [0.3, 0.4) is 0 Å². The lowest BCUT2D eigenvalue weighted by molar-refractivity contribution is 0.323. The number of hydrogen-bond donors (Lipinski definition) is 2. The first kappa shape index (κ1) is 20.6. The van der Waals surface area contributed by atoms with Crippen molar-refractivity contribution < 1.29 is 5.11 Å². The van der Waals surface area contributed by atoms with Gasteiger partial charge in [-0.3, -0.25) is 4.79 Å². The topological polar surface area (TPSA) is 56.3 Å². The Morgan fingerprint density at radius 2 is 1.90 bits per heavy atom. The number of fused-ring (bicyclic) bond motifs is 3. The Hall–Kier alpha value is -2.63. The minimum atomic E-state index is -0.0755. The normalized spacial score (nSPS) is 12.8. The van der Waals surface area contributed by atoms with Gasteiger partial charge in [0.2, 0.25) is 0 Å². The molecule has 5 heteroatoms. The number of hydrogen-bond acceptors (Lipinski definition) is 4. The fourth-order valence-corrected chi connectivity index (χ4v) is 5.07. The molecule has 2 aromatic heterocycles. The zero-order chi connectivity index (χ0) is 21.4. The van der Waals surface area contributed by atoms with Crippen molar-refractivity contribution in [3.63, 3.8) is 0 Å². The largest absolute Gasteiger partial charge is 0.507 e. The third-order valence-electron chi connectivity index (χ3n) is 6.12. The Morgan fingerprint density at radius 1 is 1.17 bits per heavy atom. The molecule has 0 aliphatic rings. The van der Waals surface area contributed by atoms with Crippen molar-refractivity contribution in [1.82, 2.24) is 9.88 Å². The second-order valence-corrected chi connectivity index (χ2v) is 8.95. The van der Waals surface area contributed by atoms with E-state index in [4.69, 9.17) is 0 Å². The van der Waals surface area contributed by atoms with Crippen LogP contribution in [0.4, 0.5) is 0 Å². The predicted molar refractivity (Wildman–Crippen MR) is 128 cm³/mol. The van der Waals surface area contributed by atoms with E-state index < -0.39 is 0 Å². The first-order valence-electron chi connectivity index (χ1n) is 10.5. The number of phenols is 1. The van der Waals surface area contributed by atoms with Gasteiger partial charge in [0.05, 0.1) is 5.52 Å². The maximum absolute atomic E-state index is 12.5. The predicted octanol–water partition coefficient (Wildman–Crippen LogP) is 5.87. The molecule has 0 radical (unpaired) electrons. The van der Waals surface area contributed by atoms with Crippen molar-refractivity contribution in [2.45, 2.75) is 33.1 Å². The summed E-state index contributed by atoms with van der Waals surface area (Å²) in [6, 6.07) is 12.3. The lowest BCUT2D eigenvalue weighted by atomic mass is 9.91. The lowest BCUT2D eigenvalue weighted by Gasteiger charge is -2.22. The molecule has 0 aliphatic carbocycles. The van der Waals surface area contributed by atoms with Gasteiger partial charge in [-0.2, -0.15) is 0 Å². The molecule has 0 aliphatic heterocycles. The van der Waals surface area contributed by atoms with Crippen molar-refractivity contribution >= 4 is 32.3 Å². The Balaban J connectivity index is 1.88. The molecule has 0 spiro atoms. The van der Waals surface area contributed by atoms with Crippen LogP contribution in [-0.4, -0.2) is 35.1 Å². The molecule has 0 saturated heterocycles. The quantitative estimate of drug-likeness (QED) is 0.410. The molecule has 2 heterocycles. The molecule has 156 valence electrons. The molecule has 2 aromatic carbocycles. The van der Waals surface area contributed by atoms with Gasteiger partial charge in [0.1, 0.15) is 10.4 Å². The average Bonchev–Trinajstić information content (AvgIpc) is 3.24. The number of pyridine rings is 1. The number of rotatable bonds is 6. The first-order chi connectivity index (χ1) is 14.4. The third kappa shape index (κ3) is 3.53. The smallest absolute Gasteiger partial charge is 0.266 e. The summed E-state index contributed by atoms with van der Waals surface area (Å²) in [5, 5.41) is 14.6. The summed E-state index contributed by atoms with van der Waals surface area (Å²) < 4.78 is 0.694. The summed E-state index contributed by atoms with van der Waals surface area (Å²) >= 11 is 1.43. The highest BCUT2D eigenvalue weighted by Crippen LogP contribution is 2.41. The van der Waals surface area contributed by atoms with Crippen molar-refractivity contribution in [2.75, 3.05) is 20.1 Å². The molecule has 30 heavy (non-hydrogen) atoms. The second-order valence-electron chi connectivity index (χ2n) is 8.04. The van der Waals surface area contributed by atoms with E-state index in [-0.39, 0.29) is 11.3 Å². The SMILES string of the molecule is CC[C@@H](CN(C)CC)c1ccc(-c2c(O)cc(C)c3[nH]c(=O)c4sccc4c23)cc1. The molecular formula is C25H28N2O2S. The monoisotopic (exact) mass is 420 g/mol. The van der Waals surface area contributed by atoms with Gasteiger partial charge in [-0.1, -0.05) is 38.1 Å². The Kier molecular flexibility index (Phi) is 5.67. The van der Waals surface area contributed by atoms with Crippen molar-refractivity contribution in [3.8, 4) is 16.9 Å². The molecule has 4 rings (SSSR count). The zero-order valence-electron chi connectivity index (χ0n) is 18.0. The molecule has 1 atom stereocenters. The summed E-state index contributed by atoms with van der Waals surface area (Å²) in [6.45, 7) is 8.38. The van der Waals surface area contributed by atoms with Crippen LogP contribution in [0.25, 0.3) is 32.1 Å². The minimum absolute atomic E-state index is 0.0755. The standard InChI is InChI=1S/C25H28N2O2S/c1-5-16(14-27(4)6-2)17-7-9-18(10-8-17)21-20(28)13-15(3)23-22(21)19-11-12-30-24(19)25(29)26-23/h7-13,16,28H,5-6,14H2,1-4H3,(H,26,29)/t16-/m0/s1. The van der Waals surface area contributed by atoms with Gasteiger partial charge in [-0.05, 0) is 67.1 Å². The fraction of sp³-hybridized carbons (Fsp3) is 0.320. The van der Waals surface area contributed by atoms with Gasteiger partial charge >= 0.3 is 0 Å². The van der Waals surface area contributed by atoms with E-state index in [1.54, 1.807) is 6.07 Å². The maximum atomic E-state index is 12.5. The Labute approximate surface area is 180 Å². The average molecular weight is 421 g/mol. The van der Waals surface area contributed by atoms with Gasteiger partial charge in [-0.15, -0.1) is 11.3 Å². The number of aryl methyl sites for hydroxylation is 1. The summed E-state index contributed by atoms with van der Waals surface area (Å²) in [7, 11) is 2.15. The van der Waals surface area contributed by atoms with E-state index in [2.05, 4.69) is 55.0 Å².